The molecule has 9 aromatic rings. The molecule has 4 nitrogen and oxygen atoms in total. The van der Waals surface area contributed by atoms with Gasteiger partial charge in [0.05, 0.1) is 0 Å². The van der Waals surface area contributed by atoms with Gasteiger partial charge in [0.1, 0.15) is 26.2 Å². The largest absolute Gasteiger partial charge is 0.205 e. The average Bonchev–Trinajstić information content (AvgIpc) is 3.39. The molecule has 0 aliphatic carbocycles. The quantitative estimate of drug-likeness (QED) is 0.0537. The van der Waals surface area contributed by atoms with Crippen LogP contribution in [0.25, 0.3) is 0 Å². The smallest absolute Gasteiger partial charge is 0.172 e. The number of benzene rings is 5. The summed E-state index contributed by atoms with van der Waals surface area (Å²) in [7, 11) is 0. The van der Waals surface area contributed by atoms with Crippen LogP contribution < -0.4 is 18.3 Å². The summed E-state index contributed by atoms with van der Waals surface area (Å²) < 4.78 is 9.62. The zero-order valence-corrected chi connectivity index (χ0v) is 41.0. The maximum atomic E-state index is 2.64. The molecule has 9 rings (SSSR count). The van der Waals surface area contributed by atoms with Crippen molar-refractivity contribution in [2.75, 3.05) is 0 Å². The molecule has 5 aromatic carbocycles. The molecule has 4 heteroatoms. The van der Waals surface area contributed by atoms with Crippen LogP contribution in [0.2, 0.25) is 0 Å². The molecule has 0 atom stereocenters. The Balaban J connectivity index is 0.942. The highest BCUT2D eigenvalue weighted by molar-refractivity contribution is 5.39. The second-order valence-corrected chi connectivity index (χ2v) is 19.3. The Kier molecular flexibility index (Phi) is 17.3. The van der Waals surface area contributed by atoms with Gasteiger partial charge in [0.2, 0.25) is 0 Å². The van der Waals surface area contributed by atoms with Gasteiger partial charge in [-0.1, -0.05) is 133 Å². The van der Waals surface area contributed by atoms with Crippen molar-refractivity contribution >= 4 is 0 Å². The molecule has 0 radical (unpaired) electrons. The zero-order valence-electron chi connectivity index (χ0n) is 41.0. The fraction of sp³-hybridized carbons (Fsp3) is 0.242. The molecule has 0 aliphatic heterocycles. The molecule has 4 heterocycles. The van der Waals surface area contributed by atoms with Gasteiger partial charge in [-0.05, 0) is 94.5 Å². The standard InChI is InChI=1S/C66H70N4/c1-5-21-55(22-6-1)45-59-29-13-37-67(51-59)41-17-33-63-49-65(35-19-43-69-39-15-31-61(53-69)47-57-25-9-3-10-26-57)66(36-20-44-70-40-16-32-62(54-70)48-58-27-11-4-12-28-58)50-64(63)34-18-42-68-38-14-30-60(52-68)46-56-23-7-2-8-24-56/h1-16,21-32,37-40,49-54H,17-20,33-36,41-48H2/q+4. The summed E-state index contributed by atoms with van der Waals surface area (Å²) in [5, 5.41) is 0. The molecule has 0 amide bonds. The number of aromatic nitrogens is 4. The lowest BCUT2D eigenvalue weighted by molar-refractivity contribution is -0.697. The first-order valence-electron chi connectivity index (χ1n) is 25.8. The number of rotatable bonds is 24. The number of hydrogen-bond donors (Lipinski definition) is 0. The van der Waals surface area contributed by atoms with Gasteiger partial charge in [-0.15, -0.1) is 0 Å². The van der Waals surface area contributed by atoms with Gasteiger partial charge in [-0.3, -0.25) is 0 Å². The normalized spacial score (nSPS) is 11.2. The van der Waals surface area contributed by atoms with Crippen molar-refractivity contribution in [1.29, 1.82) is 0 Å². The first-order valence-corrected chi connectivity index (χ1v) is 25.8. The number of hydrogen-bond acceptors (Lipinski definition) is 0. The van der Waals surface area contributed by atoms with Gasteiger partial charge in [-0.25, -0.2) is 18.3 Å². The minimum atomic E-state index is 0.955. The fourth-order valence-corrected chi connectivity index (χ4v) is 10.1. The van der Waals surface area contributed by atoms with Crippen LogP contribution in [0.4, 0.5) is 0 Å². The number of aryl methyl sites for hydroxylation is 8. The minimum Gasteiger partial charge on any atom is -0.205 e. The predicted octanol–water partition coefficient (Wildman–Crippen LogP) is 11.7. The summed E-state index contributed by atoms with van der Waals surface area (Å²) in [5.41, 5.74) is 17.0. The molecular weight excluding hydrogens is 849 g/mol. The van der Waals surface area contributed by atoms with Crippen LogP contribution in [0.15, 0.2) is 232 Å². The third kappa shape index (κ3) is 14.8. The van der Waals surface area contributed by atoms with Crippen LogP contribution in [0.5, 0.6) is 0 Å². The summed E-state index contributed by atoms with van der Waals surface area (Å²) >= 11 is 0. The van der Waals surface area contributed by atoms with Crippen molar-refractivity contribution < 1.29 is 18.3 Å². The summed E-state index contributed by atoms with van der Waals surface area (Å²) in [4.78, 5) is 0. The van der Waals surface area contributed by atoms with E-state index in [0.29, 0.717) is 0 Å². The van der Waals surface area contributed by atoms with Gasteiger partial charge in [0.25, 0.3) is 0 Å². The molecule has 4 aromatic heterocycles. The molecular formula is C66H70N4+4. The minimum absolute atomic E-state index is 0.955. The van der Waals surface area contributed by atoms with Crippen molar-refractivity contribution in [3.05, 3.63) is 298 Å². The molecule has 0 fully saturated rings. The molecule has 70 heavy (non-hydrogen) atoms. The second kappa shape index (κ2) is 25.3. The van der Waals surface area contributed by atoms with E-state index < -0.39 is 0 Å². The lowest BCUT2D eigenvalue weighted by Crippen LogP contribution is -2.34. The van der Waals surface area contributed by atoms with Crippen LogP contribution in [0.1, 0.15) is 92.4 Å². The zero-order chi connectivity index (χ0) is 47.4. The highest BCUT2D eigenvalue weighted by atomic mass is 14.9. The van der Waals surface area contributed by atoms with Gasteiger partial charge < -0.3 is 0 Å². The number of nitrogens with zero attached hydrogens (tertiary/aromatic N) is 4. The molecule has 0 bridgehead atoms. The van der Waals surface area contributed by atoms with Crippen LogP contribution >= 0.6 is 0 Å². The first-order chi connectivity index (χ1) is 34.6. The lowest BCUT2D eigenvalue weighted by Gasteiger charge is -2.17. The molecule has 0 saturated heterocycles. The summed E-state index contributed by atoms with van der Waals surface area (Å²) in [6.07, 6.45) is 30.9. The van der Waals surface area contributed by atoms with E-state index in [1.54, 1.807) is 0 Å². The van der Waals surface area contributed by atoms with Crippen molar-refractivity contribution in [3.63, 3.8) is 0 Å². The second-order valence-electron chi connectivity index (χ2n) is 19.3. The van der Waals surface area contributed by atoms with Crippen LogP contribution in [-0.2, 0) is 77.5 Å². The first kappa shape index (κ1) is 47.8. The molecule has 0 aliphatic rings. The summed E-state index contributed by atoms with van der Waals surface area (Å²) in [6, 6.07) is 66.5. The number of pyridine rings is 4. The van der Waals surface area contributed by atoms with Gasteiger partial charge >= 0.3 is 0 Å². The Hall–Kier alpha value is -7.30. The third-order valence-electron chi connectivity index (χ3n) is 13.7. The summed E-state index contributed by atoms with van der Waals surface area (Å²) in [6.45, 7) is 4.00. The monoisotopic (exact) mass is 919 g/mol. The van der Waals surface area contributed by atoms with E-state index >= 15 is 0 Å². The van der Waals surface area contributed by atoms with Crippen molar-refractivity contribution in [2.45, 2.75) is 103 Å². The van der Waals surface area contributed by atoms with E-state index in [1.165, 1.54) is 66.8 Å². The third-order valence-corrected chi connectivity index (χ3v) is 13.7. The van der Waals surface area contributed by atoms with E-state index in [4.69, 9.17) is 0 Å². The van der Waals surface area contributed by atoms with E-state index in [9.17, 15) is 0 Å². The predicted molar refractivity (Wildman–Crippen MR) is 283 cm³/mol. The highest BCUT2D eigenvalue weighted by Gasteiger charge is 2.16. The summed E-state index contributed by atoms with van der Waals surface area (Å²) in [5.74, 6) is 0. The Morgan fingerprint density at radius 3 is 0.671 bits per heavy atom. The van der Waals surface area contributed by atoms with Crippen LogP contribution in [0.3, 0.4) is 0 Å². The Morgan fingerprint density at radius 2 is 0.443 bits per heavy atom. The van der Waals surface area contributed by atoms with E-state index in [0.717, 1.165) is 103 Å². The highest BCUT2D eigenvalue weighted by Crippen LogP contribution is 2.24. The molecule has 0 unspecified atom stereocenters. The Bertz CT molecular complexity index is 2580. The van der Waals surface area contributed by atoms with Gasteiger partial charge in [-0.2, -0.15) is 0 Å². The topological polar surface area (TPSA) is 15.5 Å². The van der Waals surface area contributed by atoms with Crippen molar-refractivity contribution in [3.8, 4) is 0 Å². The maximum absolute atomic E-state index is 2.64. The Labute approximate surface area is 417 Å². The molecule has 0 N–H and O–H groups in total. The van der Waals surface area contributed by atoms with E-state index in [1.807, 2.05) is 0 Å². The van der Waals surface area contributed by atoms with Crippen molar-refractivity contribution in [2.24, 2.45) is 0 Å². The van der Waals surface area contributed by atoms with Gasteiger partial charge in [0.15, 0.2) is 49.6 Å². The molecule has 350 valence electrons. The molecule has 0 spiro atoms. The lowest BCUT2D eigenvalue weighted by atomic mass is 9.89. The van der Waals surface area contributed by atoms with Crippen LogP contribution in [-0.4, -0.2) is 0 Å². The van der Waals surface area contributed by atoms with Crippen LogP contribution in [0, 0.1) is 0 Å². The SMILES string of the molecule is c1ccc(Cc2ccc[n+](CCCc3cc(CCC[n+]4cccc(Cc5ccccc5)c4)c(CCC[n+]4cccc(Cc5ccccc5)c4)cc3CCC[n+]3cccc(Cc4ccccc4)c3)c2)cc1. The Morgan fingerprint density at radius 1 is 0.229 bits per heavy atom. The van der Waals surface area contributed by atoms with Gasteiger partial charge in [0, 0.05) is 97.9 Å². The fourth-order valence-electron chi connectivity index (χ4n) is 10.1. The average molecular weight is 919 g/mol. The van der Waals surface area contributed by atoms with E-state index in [2.05, 4.69) is 250 Å². The maximum Gasteiger partial charge on any atom is 0.172 e. The molecule has 0 saturated carbocycles. The van der Waals surface area contributed by atoms with E-state index in [-0.39, 0.29) is 0 Å². The van der Waals surface area contributed by atoms with Crippen molar-refractivity contribution in [1.82, 2.24) is 0 Å².